The van der Waals surface area contributed by atoms with Crippen LogP contribution in [-0.4, -0.2) is 44.4 Å². The van der Waals surface area contributed by atoms with Gasteiger partial charge in [-0.2, -0.15) is 13.2 Å². The molecule has 0 N–H and O–H groups in total. The molecule has 1 saturated heterocycles. The van der Waals surface area contributed by atoms with Gasteiger partial charge in [0.15, 0.2) is 0 Å². The van der Waals surface area contributed by atoms with Crippen molar-refractivity contribution in [2.24, 2.45) is 5.92 Å². The SMILES string of the molecule is Cc1cnc(-c2ccccn2)c(C(=O)N2CC3CC2[C@@H](Oc2ccc(C(F)(F)F)cn2)C3)c1. The van der Waals surface area contributed by atoms with Gasteiger partial charge >= 0.3 is 6.18 Å². The zero-order valence-corrected chi connectivity index (χ0v) is 17.8. The molecular weight excluding hydrogens is 433 g/mol. The molecular formula is C24H21F3N4O2. The van der Waals surface area contributed by atoms with E-state index in [-0.39, 0.29) is 29.9 Å². The van der Waals surface area contributed by atoms with Crippen LogP contribution in [0.1, 0.15) is 34.3 Å². The largest absolute Gasteiger partial charge is 0.472 e. The van der Waals surface area contributed by atoms with Crippen LogP contribution in [0.5, 0.6) is 5.88 Å². The zero-order valence-electron chi connectivity index (χ0n) is 17.8. The number of ether oxygens (including phenoxy) is 1. The van der Waals surface area contributed by atoms with Crippen LogP contribution < -0.4 is 4.74 Å². The summed E-state index contributed by atoms with van der Waals surface area (Å²) < 4.78 is 44.3. The number of piperidine rings is 1. The average molecular weight is 454 g/mol. The number of aromatic nitrogens is 3. The van der Waals surface area contributed by atoms with E-state index in [2.05, 4.69) is 15.0 Å². The fourth-order valence-electron chi connectivity index (χ4n) is 4.69. The Kier molecular flexibility index (Phi) is 5.26. The Balaban J connectivity index is 1.37. The summed E-state index contributed by atoms with van der Waals surface area (Å²) >= 11 is 0. The van der Waals surface area contributed by atoms with Crippen molar-refractivity contribution in [2.75, 3.05) is 6.54 Å². The Labute approximate surface area is 188 Å². The Morgan fingerprint density at radius 2 is 1.94 bits per heavy atom. The lowest BCUT2D eigenvalue weighted by Crippen LogP contribution is -2.47. The van der Waals surface area contributed by atoms with Crippen LogP contribution in [-0.2, 0) is 6.18 Å². The maximum Gasteiger partial charge on any atom is 0.417 e. The first-order valence-electron chi connectivity index (χ1n) is 10.7. The van der Waals surface area contributed by atoms with Crippen LogP contribution in [0.25, 0.3) is 11.4 Å². The lowest BCUT2D eigenvalue weighted by atomic mass is 10.0. The number of aryl methyl sites for hydroxylation is 1. The molecule has 1 amide bonds. The number of alkyl halides is 3. The van der Waals surface area contributed by atoms with E-state index in [0.717, 1.165) is 30.7 Å². The standard InChI is InChI=1S/C24H21F3N4O2/c1-14-8-17(22(30-11-14)18-4-2-3-7-28-18)23(32)31-13-15-9-19(31)20(10-15)33-21-6-5-16(12-29-21)24(25,26)27/h2-8,11-12,15,19-20H,9-10,13H2,1H3/t15?,19?,20-/m0/s1. The maximum atomic E-state index is 13.6. The minimum absolute atomic E-state index is 0.124. The number of rotatable bonds is 4. The number of hydrogen-bond acceptors (Lipinski definition) is 5. The van der Waals surface area contributed by atoms with E-state index in [1.54, 1.807) is 23.4 Å². The Morgan fingerprint density at radius 1 is 1.09 bits per heavy atom. The number of amides is 1. The molecule has 5 rings (SSSR count). The molecule has 4 heterocycles. The first-order chi connectivity index (χ1) is 15.8. The summed E-state index contributed by atoms with van der Waals surface area (Å²) in [6, 6.07) is 9.28. The summed E-state index contributed by atoms with van der Waals surface area (Å²) in [5, 5.41) is 0. The fourth-order valence-corrected chi connectivity index (χ4v) is 4.69. The molecule has 0 aromatic carbocycles. The highest BCUT2D eigenvalue weighted by Gasteiger charge is 2.49. The fraction of sp³-hybridized carbons (Fsp3) is 0.333. The third-order valence-electron chi connectivity index (χ3n) is 6.18. The summed E-state index contributed by atoms with van der Waals surface area (Å²) in [6.45, 7) is 2.49. The number of nitrogens with zero attached hydrogens (tertiary/aromatic N) is 4. The van der Waals surface area contributed by atoms with Crippen molar-refractivity contribution in [3.63, 3.8) is 0 Å². The van der Waals surface area contributed by atoms with E-state index in [9.17, 15) is 18.0 Å². The number of likely N-dealkylation sites (tertiary alicyclic amines) is 1. The summed E-state index contributed by atoms with van der Waals surface area (Å²) in [7, 11) is 0. The van der Waals surface area contributed by atoms with Crippen molar-refractivity contribution in [3.05, 3.63) is 71.7 Å². The number of hydrogen-bond donors (Lipinski definition) is 0. The number of fused-ring (bicyclic) bond motifs is 2. The normalized spacial score (nSPS) is 21.9. The molecule has 1 aliphatic heterocycles. The molecule has 2 bridgehead atoms. The molecule has 2 fully saturated rings. The third kappa shape index (κ3) is 4.15. The van der Waals surface area contributed by atoms with E-state index in [1.807, 2.05) is 25.1 Å². The molecule has 3 aromatic heterocycles. The van der Waals surface area contributed by atoms with Crippen molar-refractivity contribution in [1.82, 2.24) is 19.9 Å². The van der Waals surface area contributed by atoms with Crippen molar-refractivity contribution in [3.8, 4) is 17.3 Å². The van der Waals surface area contributed by atoms with Gasteiger partial charge in [0.05, 0.1) is 22.9 Å². The van der Waals surface area contributed by atoms with Gasteiger partial charge in [0.2, 0.25) is 5.88 Å². The summed E-state index contributed by atoms with van der Waals surface area (Å²) in [4.78, 5) is 28.0. The molecule has 3 aromatic rings. The minimum Gasteiger partial charge on any atom is -0.472 e. The summed E-state index contributed by atoms with van der Waals surface area (Å²) in [5.41, 5.74) is 1.66. The highest BCUT2D eigenvalue weighted by molar-refractivity contribution is 6.00. The van der Waals surface area contributed by atoms with Gasteiger partial charge in [0, 0.05) is 31.2 Å². The second-order valence-corrected chi connectivity index (χ2v) is 8.53. The van der Waals surface area contributed by atoms with Crippen LogP contribution in [0.3, 0.4) is 0 Å². The number of halogens is 3. The van der Waals surface area contributed by atoms with Crippen molar-refractivity contribution < 1.29 is 22.7 Å². The van der Waals surface area contributed by atoms with Gasteiger partial charge in [0.25, 0.3) is 5.91 Å². The molecule has 170 valence electrons. The van der Waals surface area contributed by atoms with Crippen molar-refractivity contribution in [2.45, 2.75) is 38.1 Å². The zero-order chi connectivity index (χ0) is 23.2. The van der Waals surface area contributed by atoms with Crippen LogP contribution in [0.2, 0.25) is 0 Å². The predicted molar refractivity (Wildman–Crippen MR) is 113 cm³/mol. The quantitative estimate of drug-likeness (QED) is 0.579. The highest BCUT2D eigenvalue weighted by Crippen LogP contribution is 2.41. The van der Waals surface area contributed by atoms with Gasteiger partial charge in [-0.3, -0.25) is 14.8 Å². The van der Waals surface area contributed by atoms with Gasteiger partial charge in [-0.15, -0.1) is 0 Å². The van der Waals surface area contributed by atoms with Crippen LogP contribution >= 0.6 is 0 Å². The molecule has 3 atom stereocenters. The van der Waals surface area contributed by atoms with Gasteiger partial charge in [-0.05, 0) is 55.5 Å². The first-order valence-corrected chi connectivity index (χ1v) is 10.7. The second kappa shape index (κ2) is 8.13. The van der Waals surface area contributed by atoms with Crippen molar-refractivity contribution in [1.29, 1.82) is 0 Å². The number of pyridine rings is 3. The Hall–Kier alpha value is -3.49. The lowest BCUT2D eigenvalue weighted by Gasteiger charge is -2.33. The molecule has 1 saturated carbocycles. The molecule has 0 radical (unpaired) electrons. The first kappa shape index (κ1) is 21.4. The van der Waals surface area contributed by atoms with Gasteiger partial charge < -0.3 is 9.64 Å². The number of carbonyl (C=O) groups excluding carboxylic acids is 1. The predicted octanol–water partition coefficient (Wildman–Crippen LogP) is 4.55. The molecule has 0 spiro atoms. The molecule has 1 aliphatic carbocycles. The van der Waals surface area contributed by atoms with E-state index in [0.29, 0.717) is 23.5 Å². The van der Waals surface area contributed by atoms with E-state index in [4.69, 9.17) is 4.74 Å². The Morgan fingerprint density at radius 3 is 2.61 bits per heavy atom. The minimum atomic E-state index is -4.45. The monoisotopic (exact) mass is 454 g/mol. The summed E-state index contributed by atoms with van der Waals surface area (Å²) in [6.07, 6.45) is 0.874. The number of carbonyl (C=O) groups is 1. The van der Waals surface area contributed by atoms with Crippen LogP contribution in [0.4, 0.5) is 13.2 Å². The smallest absolute Gasteiger partial charge is 0.417 e. The maximum absolute atomic E-state index is 13.6. The van der Waals surface area contributed by atoms with Gasteiger partial charge in [-0.1, -0.05) is 6.07 Å². The van der Waals surface area contributed by atoms with Crippen LogP contribution in [0.15, 0.2) is 55.0 Å². The summed E-state index contributed by atoms with van der Waals surface area (Å²) in [5.74, 6) is 0.252. The third-order valence-corrected chi connectivity index (χ3v) is 6.18. The van der Waals surface area contributed by atoms with Crippen molar-refractivity contribution >= 4 is 5.91 Å². The molecule has 33 heavy (non-hydrogen) atoms. The van der Waals surface area contributed by atoms with Crippen LogP contribution in [0, 0.1) is 12.8 Å². The molecule has 2 unspecified atom stereocenters. The van der Waals surface area contributed by atoms with Gasteiger partial charge in [-0.25, -0.2) is 4.98 Å². The van der Waals surface area contributed by atoms with E-state index in [1.165, 1.54) is 6.07 Å². The topological polar surface area (TPSA) is 68.2 Å². The highest BCUT2D eigenvalue weighted by atomic mass is 19.4. The second-order valence-electron chi connectivity index (χ2n) is 8.53. The lowest BCUT2D eigenvalue weighted by molar-refractivity contribution is -0.137. The van der Waals surface area contributed by atoms with E-state index >= 15 is 0 Å². The van der Waals surface area contributed by atoms with E-state index < -0.39 is 11.7 Å². The average Bonchev–Trinajstić information content (AvgIpc) is 3.39. The Bertz CT molecular complexity index is 1170. The molecule has 9 heteroatoms. The molecule has 6 nitrogen and oxygen atoms in total. The molecule has 2 aliphatic rings. The van der Waals surface area contributed by atoms with Gasteiger partial charge in [0.1, 0.15) is 11.8 Å².